The molecule has 0 radical (unpaired) electrons. The van der Waals surface area contributed by atoms with Gasteiger partial charge in [-0.3, -0.25) is 5.41 Å². The van der Waals surface area contributed by atoms with Gasteiger partial charge in [-0.15, -0.1) is 0 Å². The number of hydrogen-bond acceptors (Lipinski definition) is 2. The van der Waals surface area contributed by atoms with Gasteiger partial charge in [-0.25, -0.2) is 4.79 Å². The van der Waals surface area contributed by atoms with Crippen LogP contribution in [0.1, 0.15) is 40.0 Å². The molecule has 0 aliphatic heterocycles. The van der Waals surface area contributed by atoms with Gasteiger partial charge in [-0.2, -0.15) is 0 Å². The number of nitrogens with one attached hydrogen (secondary N) is 3. The summed E-state index contributed by atoms with van der Waals surface area (Å²) < 4.78 is 0. The van der Waals surface area contributed by atoms with Crippen LogP contribution in [0.5, 0.6) is 0 Å². The zero-order valence-electron chi connectivity index (χ0n) is 9.81. The van der Waals surface area contributed by atoms with E-state index in [1.807, 2.05) is 6.92 Å². The number of carbonyl (C=O) groups excluding carboxylic acids is 1. The van der Waals surface area contributed by atoms with E-state index < -0.39 is 5.54 Å². The Bertz CT molecular complexity index is 229. The molecule has 15 heavy (non-hydrogen) atoms. The van der Waals surface area contributed by atoms with Gasteiger partial charge < -0.3 is 16.4 Å². The summed E-state index contributed by atoms with van der Waals surface area (Å²) in [7, 11) is 0. The van der Waals surface area contributed by atoms with E-state index in [4.69, 9.17) is 11.1 Å². The fourth-order valence-electron chi connectivity index (χ4n) is 1.02. The van der Waals surface area contributed by atoms with Gasteiger partial charge in [0, 0.05) is 6.54 Å². The van der Waals surface area contributed by atoms with Crippen molar-refractivity contribution in [2.75, 3.05) is 6.54 Å². The molecule has 1 atom stereocenters. The van der Waals surface area contributed by atoms with Gasteiger partial charge in [0.15, 0.2) is 0 Å². The van der Waals surface area contributed by atoms with Gasteiger partial charge in [-0.1, -0.05) is 20.3 Å². The summed E-state index contributed by atoms with van der Waals surface area (Å²) in [5.74, 6) is -0.0179. The summed E-state index contributed by atoms with van der Waals surface area (Å²) in [6.07, 6.45) is 2.60. The Labute approximate surface area is 91.3 Å². The van der Waals surface area contributed by atoms with Gasteiger partial charge in [0.2, 0.25) is 0 Å². The van der Waals surface area contributed by atoms with Crippen LogP contribution >= 0.6 is 0 Å². The summed E-state index contributed by atoms with van der Waals surface area (Å²) in [4.78, 5) is 11.4. The first-order chi connectivity index (χ1) is 6.96. The lowest BCUT2D eigenvalue weighted by atomic mass is 9.98. The van der Waals surface area contributed by atoms with Crippen molar-refractivity contribution in [3.8, 4) is 0 Å². The van der Waals surface area contributed by atoms with Crippen LogP contribution in [0, 0.1) is 5.41 Å². The SMILES string of the molecule is CCCCNC(=O)NC(C)(CC)C(=N)N. The van der Waals surface area contributed by atoms with E-state index >= 15 is 0 Å². The first kappa shape index (κ1) is 13.7. The van der Waals surface area contributed by atoms with Gasteiger partial charge in [0.05, 0.1) is 5.54 Å². The predicted octanol–water partition coefficient (Wildman–Crippen LogP) is 1.19. The van der Waals surface area contributed by atoms with Crippen LogP contribution in [0.4, 0.5) is 4.79 Å². The number of amidine groups is 1. The Hall–Kier alpha value is -1.26. The molecule has 0 bridgehead atoms. The second-order valence-corrected chi connectivity index (χ2v) is 3.83. The lowest BCUT2D eigenvalue weighted by molar-refractivity contribution is 0.233. The third kappa shape index (κ3) is 4.67. The van der Waals surface area contributed by atoms with E-state index in [0.29, 0.717) is 13.0 Å². The molecule has 0 aliphatic rings. The fraction of sp³-hybridized carbons (Fsp3) is 0.800. The van der Waals surface area contributed by atoms with Crippen molar-refractivity contribution in [3.05, 3.63) is 0 Å². The molecule has 1 unspecified atom stereocenters. The minimum Gasteiger partial charge on any atom is -0.386 e. The standard InChI is InChI=1S/C10H22N4O/c1-4-6-7-13-9(15)14-10(3,5-2)8(11)12/h4-7H2,1-3H3,(H3,11,12)(H2,13,14,15). The van der Waals surface area contributed by atoms with Crippen LogP contribution in [0.15, 0.2) is 0 Å². The second-order valence-electron chi connectivity index (χ2n) is 3.83. The first-order valence-corrected chi connectivity index (χ1v) is 5.36. The maximum atomic E-state index is 11.4. The van der Waals surface area contributed by atoms with E-state index in [2.05, 4.69) is 17.6 Å². The summed E-state index contributed by atoms with van der Waals surface area (Å²) in [5.41, 5.74) is 4.69. The molecule has 0 spiro atoms. The number of nitrogens with two attached hydrogens (primary N) is 1. The molecule has 0 heterocycles. The van der Waals surface area contributed by atoms with Gasteiger partial charge >= 0.3 is 6.03 Å². The van der Waals surface area contributed by atoms with Crippen LogP contribution in [0.25, 0.3) is 0 Å². The van der Waals surface area contributed by atoms with E-state index in [1.54, 1.807) is 6.92 Å². The highest BCUT2D eigenvalue weighted by Gasteiger charge is 2.27. The van der Waals surface area contributed by atoms with Crippen molar-refractivity contribution in [1.82, 2.24) is 10.6 Å². The monoisotopic (exact) mass is 214 g/mol. The molecule has 0 aromatic carbocycles. The summed E-state index contributed by atoms with van der Waals surface area (Å²) in [6.45, 7) is 6.34. The van der Waals surface area contributed by atoms with E-state index in [1.165, 1.54) is 0 Å². The number of amides is 2. The van der Waals surface area contributed by atoms with E-state index in [0.717, 1.165) is 12.8 Å². The summed E-state index contributed by atoms with van der Waals surface area (Å²) in [6, 6.07) is -0.261. The maximum Gasteiger partial charge on any atom is 0.315 e. The van der Waals surface area contributed by atoms with Crippen LogP contribution < -0.4 is 16.4 Å². The average molecular weight is 214 g/mol. The third-order valence-corrected chi connectivity index (χ3v) is 2.51. The second kappa shape index (κ2) is 6.27. The van der Waals surface area contributed by atoms with Gasteiger partial charge in [0.25, 0.3) is 0 Å². The predicted molar refractivity (Wildman–Crippen MR) is 62.1 cm³/mol. The molecule has 5 heteroatoms. The molecular formula is C10H22N4O. The van der Waals surface area contributed by atoms with Crippen molar-refractivity contribution in [3.63, 3.8) is 0 Å². The molecule has 0 aromatic heterocycles. The first-order valence-electron chi connectivity index (χ1n) is 5.36. The highest BCUT2D eigenvalue weighted by Crippen LogP contribution is 2.07. The Morgan fingerprint density at radius 3 is 2.47 bits per heavy atom. The van der Waals surface area contributed by atoms with Crippen LogP contribution in [0.3, 0.4) is 0 Å². The largest absolute Gasteiger partial charge is 0.386 e. The van der Waals surface area contributed by atoms with Crippen LogP contribution in [-0.4, -0.2) is 24.0 Å². The minimum absolute atomic E-state index is 0.0179. The highest BCUT2D eigenvalue weighted by molar-refractivity contribution is 5.91. The molecular weight excluding hydrogens is 192 g/mol. The quantitative estimate of drug-likeness (QED) is 0.304. The van der Waals surface area contributed by atoms with Crippen molar-refractivity contribution >= 4 is 11.9 Å². The molecule has 0 aromatic rings. The molecule has 0 aliphatic carbocycles. The summed E-state index contributed by atoms with van der Waals surface area (Å²) >= 11 is 0. The molecule has 5 nitrogen and oxygen atoms in total. The van der Waals surface area contributed by atoms with Crippen molar-refractivity contribution in [2.24, 2.45) is 5.73 Å². The maximum absolute atomic E-state index is 11.4. The minimum atomic E-state index is -0.740. The number of carbonyl (C=O) groups is 1. The number of unbranched alkanes of at least 4 members (excludes halogenated alkanes) is 1. The highest BCUT2D eigenvalue weighted by atomic mass is 16.2. The van der Waals surface area contributed by atoms with Crippen molar-refractivity contribution in [1.29, 1.82) is 5.41 Å². The zero-order valence-corrected chi connectivity index (χ0v) is 9.81. The number of hydrogen-bond donors (Lipinski definition) is 4. The van der Waals surface area contributed by atoms with Crippen molar-refractivity contribution < 1.29 is 4.79 Å². The normalized spacial score (nSPS) is 14.1. The number of urea groups is 1. The molecule has 0 saturated carbocycles. The Morgan fingerprint density at radius 2 is 2.07 bits per heavy atom. The Balaban J connectivity index is 4.08. The smallest absolute Gasteiger partial charge is 0.315 e. The summed E-state index contributed by atoms with van der Waals surface area (Å²) in [5, 5.41) is 12.8. The lowest BCUT2D eigenvalue weighted by Crippen LogP contribution is -2.57. The zero-order chi connectivity index (χ0) is 11.9. The molecule has 5 N–H and O–H groups in total. The molecule has 0 fully saturated rings. The van der Waals surface area contributed by atoms with E-state index in [9.17, 15) is 4.79 Å². The van der Waals surface area contributed by atoms with Crippen LogP contribution in [0.2, 0.25) is 0 Å². The molecule has 2 amide bonds. The Kier molecular flexibility index (Phi) is 5.74. The Morgan fingerprint density at radius 1 is 1.47 bits per heavy atom. The van der Waals surface area contributed by atoms with Crippen molar-refractivity contribution in [2.45, 2.75) is 45.6 Å². The lowest BCUT2D eigenvalue weighted by Gasteiger charge is -2.28. The molecule has 88 valence electrons. The molecule has 0 saturated heterocycles. The van der Waals surface area contributed by atoms with Gasteiger partial charge in [0.1, 0.15) is 5.84 Å². The third-order valence-electron chi connectivity index (χ3n) is 2.51. The van der Waals surface area contributed by atoms with E-state index in [-0.39, 0.29) is 11.9 Å². The van der Waals surface area contributed by atoms with Crippen LogP contribution in [-0.2, 0) is 0 Å². The van der Waals surface area contributed by atoms with Gasteiger partial charge in [-0.05, 0) is 19.8 Å². The topological polar surface area (TPSA) is 91.0 Å². The average Bonchev–Trinajstić information content (AvgIpc) is 2.17. The number of rotatable bonds is 6. The molecule has 0 rings (SSSR count). The fourth-order valence-corrected chi connectivity index (χ4v) is 1.02.